The zero-order chi connectivity index (χ0) is 22.2. The van der Waals surface area contributed by atoms with E-state index in [1.54, 1.807) is 30.5 Å². The molecular formula is C22H25N5O3S. The van der Waals surface area contributed by atoms with Gasteiger partial charge >= 0.3 is 0 Å². The number of carbonyl (C=O) groups excluding carboxylic acids is 2. The summed E-state index contributed by atoms with van der Waals surface area (Å²) in [4.78, 5) is 26.7. The predicted octanol–water partition coefficient (Wildman–Crippen LogP) is 3.10. The SMILES string of the molecule is CCOc1ccc(NC(=O)C2CC(=O)N/C(=N\N=C\c3ccc(N(C)C)cc3)S2)cc1. The molecule has 0 aliphatic carbocycles. The molecule has 0 aromatic heterocycles. The molecule has 2 amide bonds. The lowest BCUT2D eigenvalue weighted by atomic mass is 10.2. The number of hydrogen-bond donors (Lipinski definition) is 2. The quantitative estimate of drug-likeness (QED) is 0.511. The van der Waals surface area contributed by atoms with Crippen molar-refractivity contribution >= 4 is 46.3 Å². The molecule has 8 nitrogen and oxygen atoms in total. The molecule has 1 saturated heterocycles. The Bertz CT molecular complexity index is 972. The van der Waals surface area contributed by atoms with Crippen LogP contribution in [0.1, 0.15) is 18.9 Å². The molecule has 0 radical (unpaired) electrons. The number of rotatable bonds is 7. The molecule has 1 unspecified atom stereocenters. The third-order valence-corrected chi connectivity index (χ3v) is 5.43. The third-order valence-electron chi connectivity index (χ3n) is 4.36. The number of anilines is 2. The molecule has 1 atom stereocenters. The lowest BCUT2D eigenvalue weighted by Gasteiger charge is -2.21. The topological polar surface area (TPSA) is 95.4 Å². The van der Waals surface area contributed by atoms with Gasteiger partial charge in [0.1, 0.15) is 11.0 Å². The number of amidine groups is 1. The summed E-state index contributed by atoms with van der Waals surface area (Å²) in [6.45, 7) is 2.48. The monoisotopic (exact) mass is 439 g/mol. The zero-order valence-corrected chi connectivity index (χ0v) is 18.5. The van der Waals surface area contributed by atoms with Crippen LogP contribution in [0, 0.1) is 0 Å². The van der Waals surface area contributed by atoms with E-state index in [0.29, 0.717) is 17.5 Å². The van der Waals surface area contributed by atoms with Gasteiger partial charge in [-0.1, -0.05) is 23.9 Å². The number of amides is 2. The summed E-state index contributed by atoms with van der Waals surface area (Å²) in [6, 6.07) is 14.9. The summed E-state index contributed by atoms with van der Waals surface area (Å²) in [5, 5.41) is 13.3. The van der Waals surface area contributed by atoms with Crippen LogP contribution in [0.15, 0.2) is 58.7 Å². The fourth-order valence-corrected chi connectivity index (χ4v) is 3.71. The maximum atomic E-state index is 12.6. The predicted molar refractivity (Wildman–Crippen MR) is 126 cm³/mol. The van der Waals surface area contributed by atoms with Gasteiger partial charge in [-0.2, -0.15) is 5.10 Å². The van der Waals surface area contributed by atoms with E-state index < -0.39 is 5.25 Å². The van der Waals surface area contributed by atoms with E-state index in [-0.39, 0.29) is 18.2 Å². The maximum absolute atomic E-state index is 12.6. The van der Waals surface area contributed by atoms with Crippen LogP contribution in [0.2, 0.25) is 0 Å². The van der Waals surface area contributed by atoms with Gasteiger partial charge < -0.3 is 20.3 Å². The van der Waals surface area contributed by atoms with Crippen molar-refractivity contribution in [3.63, 3.8) is 0 Å². The number of carbonyl (C=O) groups is 2. The minimum absolute atomic E-state index is 0.0717. The number of thioether (sulfide) groups is 1. The van der Waals surface area contributed by atoms with Gasteiger partial charge in [-0.3, -0.25) is 9.59 Å². The highest BCUT2D eigenvalue weighted by atomic mass is 32.2. The Morgan fingerprint density at radius 3 is 2.58 bits per heavy atom. The first-order valence-corrected chi connectivity index (χ1v) is 10.7. The number of nitrogens with zero attached hydrogens (tertiary/aromatic N) is 3. The van der Waals surface area contributed by atoms with Gasteiger partial charge in [-0.25, -0.2) is 0 Å². The molecule has 2 aromatic rings. The van der Waals surface area contributed by atoms with Crippen molar-refractivity contribution < 1.29 is 14.3 Å². The van der Waals surface area contributed by atoms with E-state index in [2.05, 4.69) is 20.8 Å². The highest BCUT2D eigenvalue weighted by Gasteiger charge is 2.30. The number of hydrogen-bond acceptors (Lipinski definition) is 7. The van der Waals surface area contributed by atoms with Crippen LogP contribution < -0.4 is 20.3 Å². The summed E-state index contributed by atoms with van der Waals surface area (Å²) in [6.07, 6.45) is 1.67. The lowest BCUT2D eigenvalue weighted by Crippen LogP contribution is -2.41. The molecule has 2 aromatic carbocycles. The largest absolute Gasteiger partial charge is 0.494 e. The van der Waals surface area contributed by atoms with Crippen LogP contribution in [-0.2, 0) is 9.59 Å². The molecule has 1 heterocycles. The molecule has 162 valence electrons. The van der Waals surface area contributed by atoms with Crippen LogP contribution >= 0.6 is 11.8 Å². The van der Waals surface area contributed by atoms with Gasteiger partial charge in [-0.15, -0.1) is 5.10 Å². The summed E-state index contributed by atoms with van der Waals surface area (Å²) >= 11 is 1.18. The van der Waals surface area contributed by atoms with Gasteiger partial charge in [0, 0.05) is 31.9 Å². The molecule has 0 saturated carbocycles. The number of ether oxygens (including phenoxy) is 1. The Morgan fingerprint density at radius 2 is 1.94 bits per heavy atom. The molecule has 3 rings (SSSR count). The van der Waals surface area contributed by atoms with Crippen molar-refractivity contribution in [2.24, 2.45) is 10.2 Å². The first-order chi connectivity index (χ1) is 14.9. The summed E-state index contributed by atoms with van der Waals surface area (Å²) in [5.74, 6) is 0.199. The molecular weight excluding hydrogens is 414 g/mol. The second-order valence-corrected chi connectivity index (χ2v) is 8.13. The van der Waals surface area contributed by atoms with E-state index in [1.807, 2.05) is 50.2 Å². The molecule has 9 heteroatoms. The highest BCUT2D eigenvalue weighted by Crippen LogP contribution is 2.23. The second kappa shape index (κ2) is 10.6. The average molecular weight is 440 g/mol. The lowest BCUT2D eigenvalue weighted by molar-refractivity contribution is -0.123. The second-order valence-electron chi connectivity index (χ2n) is 6.94. The van der Waals surface area contributed by atoms with E-state index in [0.717, 1.165) is 17.0 Å². The Kier molecular flexibility index (Phi) is 7.66. The average Bonchev–Trinajstić information content (AvgIpc) is 2.75. The fourth-order valence-electron chi connectivity index (χ4n) is 2.77. The van der Waals surface area contributed by atoms with Crippen LogP contribution in [-0.4, -0.2) is 49.1 Å². The number of benzene rings is 2. The molecule has 1 aliphatic rings. The van der Waals surface area contributed by atoms with Crippen LogP contribution in [0.5, 0.6) is 5.75 Å². The van der Waals surface area contributed by atoms with Gasteiger partial charge in [0.2, 0.25) is 11.8 Å². The third kappa shape index (κ3) is 6.58. The van der Waals surface area contributed by atoms with Crippen molar-refractivity contribution in [3.8, 4) is 5.75 Å². The zero-order valence-electron chi connectivity index (χ0n) is 17.7. The van der Waals surface area contributed by atoms with E-state index in [4.69, 9.17) is 4.74 Å². The Morgan fingerprint density at radius 1 is 1.23 bits per heavy atom. The minimum Gasteiger partial charge on any atom is -0.494 e. The van der Waals surface area contributed by atoms with Crippen molar-refractivity contribution in [1.82, 2.24) is 5.32 Å². The normalized spacial score (nSPS) is 17.5. The molecule has 0 bridgehead atoms. The van der Waals surface area contributed by atoms with Crippen molar-refractivity contribution in [1.29, 1.82) is 0 Å². The number of nitrogens with one attached hydrogen (secondary N) is 2. The molecule has 1 fully saturated rings. The Labute approximate surface area is 185 Å². The van der Waals surface area contributed by atoms with Crippen molar-refractivity contribution in [3.05, 3.63) is 54.1 Å². The molecule has 2 N–H and O–H groups in total. The first-order valence-electron chi connectivity index (χ1n) is 9.83. The Balaban J connectivity index is 1.60. The van der Waals surface area contributed by atoms with Crippen LogP contribution in [0.3, 0.4) is 0 Å². The smallest absolute Gasteiger partial charge is 0.238 e. The summed E-state index contributed by atoms with van der Waals surface area (Å²) < 4.78 is 5.39. The van der Waals surface area contributed by atoms with Crippen LogP contribution in [0.25, 0.3) is 0 Å². The first kappa shape index (κ1) is 22.4. The summed E-state index contributed by atoms with van der Waals surface area (Å²) in [7, 11) is 3.95. The highest BCUT2D eigenvalue weighted by molar-refractivity contribution is 8.15. The standard InChI is InChI=1S/C22H25N5O3S/c1-4-30-18-11-7-16(8-12-18)24-21(29)19-13-20(28)25-22(31-19)26-23-14-15-5-9-17(10-6-15)27(2)3/h5-12,14,19H,4,13H2,1-3H3,(H,24,29)(H,25,26,28)/b23-14+. The fraction of sp³-hybridized carbons (Fsp3) is 0.273. The molecule has 1 aliphatic heterocycles. The summed E-state index contributed by atoms with van der Waals surface area (Å²) in [5.41, 5.74) is 2.60. The molecule has 0 spiro atoms. The van der Waals surface area contributed by atoms with Gasteiger partial charge in [0.25, 0.3) is 0 Å². The van der Waals surface area contributed by atoms with Crippen molar-refractivity contribution in [2.75, 3.05) is 30.9 Å². The Hall–Kier alpha value is -3.33. The van der Waals surface area contributed by atoms with E-state index >= 15 is 0 Å². The van der Waals surface area contributed by atoms with E-state index in [9.17, 15) is 9.59 Å². The van der Waals surface area contributed by atoms with Gasteiger partial charge in [-0.05, 0) is 48.9 Å². The van der Waals surface area contributed by atoms with Gasteiger partial charge in [0.05, 0.1) is 12.8 Å². The van der Waals surface area contributed by atoms with Crippen LogP contribution in [0.4, 0.5) is 11.4 Å². The van der Waals surface area contributed by atoms with Crippen molar-refractivity contribution in [2.45, 2.75) is 18.6 Å². The van der Waals surface area contributed by atoms with E-state index in [1.165, 1.54) is 11.8 Å². The molecule has 31 heavy (non-hydrogen) atoms. The minimum atomic E-state index is -0.589. The van der Waals surface area contributed by atoms with Gasteiger partial charge in [0.15, 0.2) is 5.17 Å². The maximum Gasteiger partial charge on any atom is 0.238 e.